The van der Waals surface area contributed by atoms with Crippen LogP contribution in [0.5, 0.6) is 5.88 Å². The molecular formula is C13H22N4O2. The molecule has 0 aromatic carbocycles. The Labute approximate surface area is 113 Å². The maximum absolute atomic E-state index is 9.35. The van der Waals surface area contributed by atoms with Crippen molar-refractivity contribution in [3.05, 3.63) is 12.4 Å². The number of likely N-dealkylation sites (tertiary alicyclic amines) is 1. The highest BCUT2D eigenvalue weighted by molar-refractivity contribution is 5.36. The molecule has 2 rings (SSSR count). The Kier molecular flexibility index (Phi) is 5.35. The number of aromatic nitrogens is 2. The first kappa shape index (κ1) is 14.0. The molecule has 2 N–H and O–H groups in total. The molecule has 1 saturated heterocycles. The molecule has 6 nitrogen and oxygen atoms in total. The molecule has 0 unspecified atom stereocenters. The molecule has 0 bridgehead atoms. The van der Waals surface area contributed by atoms with Gasteiger partial charge in [-0.15, -0.1) is 0 Å². The topological polar surface area (TPSA) is 70.5 Å². The molecule has 0 aliphatic carbocycles. The lowest BCUT2D eigenvalue weighted by Crippen LogP contribution is -2.44. The van der Waals surface area contributed by atoms with Crippen LogP contribution in [-0.4, -0.2) is 59.4 Å². The minimum absolute atomic E-state index is 0.251. The van der Waals surface area contributed by atoms with E-state index in [-0.39, 0.29) is 6.61 Å². The lowest BCUT2D eigenvalue weighted by Gasteiger charge is -2.34. The summed E-state index contributed by atoms with van der Waals surface area (Å²) in [6.07, 6.45) is 5.02. The van der Waals surface area contributed by atoms with Gasteiger partial charge in [0.1, 0.15) is 12.1 Å². The van der Waals surface area contributed by atoms with E-state index in [4.69, 9.17) is 4.74 Å². The number of nitrogens with one attached hydrogen (secondary N) is 1. The minimum atomic E-state index is 0.251. The Bertz CT molecular complexity index is 389. The number of anilines is 1. The Morgan fingerprint density at radius 1 is 1.47 bits per heavy atom. The average Bonchev–Trinajstić information content (AvgIpc) is 2.48. The van der Waals surface area contributed by atoms with Gasteiger partial charge in [0.2, 0.25) is 5.88 Å². The van der Waals surface area contributed by atoms with Gasteiger partial charge in [0.05, 0.1) is 13.7 Å². The van der Waals surface area contributed by atoms with Crippen LogP contribution in [0.4, 0.5) is 5.82 Å². The molecule has 0 radical (unpaired) electrons. The van der Waals surface area contributed by atoms with Crippen LogP contribution in [0, 0.1) is 0 Å². The van der Waals surface area contributed by atoms with Crippen molar-refractivity contribution in [1.29, 1.82) is 0 Å². The predicted molar refractivity (Wildman–Crippen MR) is 73.4 cm³/mol. The fourth-order valence-electron chi connectivity index (χ4n) is 2.44. The number of ether oxygens (including phenoxy) is 1. The molecule has 1 atom stereocenters. The van der Waals surface area contributed by atoms with Crippen LogP contribution in [0.1, 0.15) is 19.3 Å². The van der Waals surface area contributed by atoms with Crippen LogP contribution < -0.4 is 10.1 Å². The maximum Gasteiger partial charge on any atom is 0.218 e. The summed E-state index contributed by atoms with van der Waals surface area (Å²) in [6, 6.07) is 2.09. The third kappa shape index (κ3) is 4.04. The van der Waals surface area contributed by atoms with E-state index in [1.807, 2.05) is 0 Å². The van der Waals surface area contributed by atoms with Crippen molar-refractivity contribution in [2.24, 2.45) is 0 Å². The summed E-state index contributed by atoms with van der Waals surface area (Å²) in [4.78, 5) is 10.4. The van der Waals surface area contributed by atoms with Crippen molar-refractivity contribution in [3.63, 3.8) is 0 Å². The third-order valence-electron chi connectivity index (χ3n) is 3.52. The molecule has 1 fully saturated rings. The molecular weight excluding hydrogens is 244 g/mol. The van der Waals surface area contributed by atoms with Crippen molar-refractivity contribution in [3.8, 4) is 5.88 Å². The van der Waals surface area contributed by atoms with E-state index in [1.165, 1.54) is 19.2 Å². The number of nitrogens with zero attached hydrogens (tertiary/aromatic N) is 3. The first-order valence-corrected chi connectivity index (χ1v) is 6.78. The predicted octanol–water partition coefficient (Wildman–Crippen LogP) is 0.744. The van der Waals surface area contributed by atoms with Crippen LogP contribution in [0.25, 0.3) is 0 Å². The fraction of sp³-hybridized carbons (Fsp3) is 0.692. The summed E-state index contributed by atoms with van der Waals surface area (Å²) in [5.41, 5.74) is 0. The molecule has 19 heavy (non-hydrogen) atoms. The quantitative estimate of drug-likeness (QED) is 0.791. The molecule has 106 valence electrons. The number of piperidine rings is 1. The van der Waals surface area contributed by atoms with Gasteiger partial charge in [-0.1, -0.05) is 6.42 Å². The Morgan fingerprint density at radius 3 is 3.16 bits per heavy atom. The zero-order valence-electron chi connectivity index (χ0n) is 11.4. The summed E-state index contributed by atoms with van der Waals surface area (Å²) < 4.78 is 5.05. The average molecular weight is 266 g/mol. The second-order valence-corrected chi connectivity index (χ2v) is 4.74. The van der Waals surface area contributed by atoms with Crippen LogP contribution in [-0.2, 0) is 0 Å². The number of rotatable bonds is 6. The van der Waals surface area contributed by atoms with Gasteiger partial charge in [-0.25, -0.2) is 9.97 Å². The van der Waals surface area contributed by atoms with Crippen LogP contribution in [0.3, 0.4) is 0 Å². The van der Waals surface area contributed by atoms with Gasteiger partial charge < -0.3 is 15.2 Å². The second-order valence-electron chi connectivity index (χ2n) is 4.74. The Hall–Kier alpha value is -1.40. The van der Waals surface area contributed by atoms with Crippen molar-refractivity contribution in [1.82, 2.24) is 14.9 Å². The van der Waals surface area contributed by atoms with E-state index in [2.05, 4.69) is 20.2 Å². The van der Waals surface area contributed by atoms with Gasteiger partial charge in [0.15, 0.2) is 0 Å². The Balaban J connectivity index is 1.78. The van der Waals surface area contributed by atoms with Gasteiger partial charge >= 0.3 is 0 Å². The van der Waals surface area contributed by atoms with Crippen LogP contribution in [0.15, 0.2) is 12.4 Å². The number of hydrogen-bond donors (Lipinski definition) is 2. The summed E-state index contributed by atoms with van der Waals surface area (Å²) in [6.45, 7) is 3.04. The van der Waals surface area contributed by atoms with E-state index in [9.17, 15) is 5.11 Å². The highest BCUT2D eigenvalue weighted by Gasteiger charge is 2.20. The highest BCUT2D eigenvalue weighted by Crippen LogP contribution is 2.16. The molecule has 0 spiro atoms. The van der Waals surface area contributed by atoms with Crippen molar-refractivity contribution in [2.45, 2.75) is 25.3 Å². The van der Waals surface area contributed by atoms with Crippen molar-refractivity contribution >= 4 is 5.82 Å². The summed E-state index contributed by atoms with van der Waals surface area (Å²) in [5, 5.41) is 12.6. The largest absolute Gasteiger partial charge is 0.481 e. The third-order valence-corrected chi connectivity index (χ3v) is 3.52. The molecule has 1 aromatic rings. The van der Waals surface area contributed by atoms with Crippen LogP contribution in [0.2, 0.25) is 0 Å². The summed E-state index contributed by atoms with van der Waals surface area (Å²) >= 11 is 0. The zero-order chi connectivity index (χ0) is 13.5. The van der Waals surface area contributed by atoms with Gasteiger partial charge in [-0.3, -0.25) is 4.90 Å². The standard InChI is InChI=1S/C13H22N4O2/c1-19-13-8-12(15-10-16-13)14-5-7-17-6-3-2-4-11(17)9-18/h8,10-11,18H,2-7,9H2,1H3,(H,14,15,16)/t11-/m0/s1. The summed E-state index contributed by atoms with van der Waals surface area (Å²) in [5.74, 6) is 1.33. The van der Waals surface area contributed by atoms with Crippen LogP contribution >= 0.6 is 0 Å². The van der Waals surface area contributed by atoms with Gasteiger partial charge in [-0.2, -0.15) is 0 Å². The highest BCUT2D eigenvalue weighted by atomic mass is 16.5. The van der Waals surface area contributed by atoms with Gasteiger partial charge in [0, 0.05) is 25.2 Å². The molecule has 1 aromatic heterocycles. The van der Waals surface area contributed by atoms with E-state index in [0.29, 0.717) is 11.9 Å². The molecule has 6 heteroatoms. The molecule has 0 saturated carbocycles. The molecule has 2 heterocycles. The number of hydrogen-bond acceptors (Lipinski definition) is 6. The fourth-order valence-corrected chi connectivity index (χ4v) is 2.44. The molecule has 1 aliphatic heterocycles. The SMILES string of the molecule is COc1cc(NCCN2CCCC[C@H]2CO)ncn1. The van der Waals surface area contributed by atoms with Crippen molar-refractivity contribution < 1.29 is 9.84 Å². The van der Waals surface area contributed by atoms with E-state index < -0.39 is 0 Å². The summed E-state index contributed by atoms with van der Waals surface area (Å²) in [7, 11) is 1.59. The van der Waals surface area contributed by atoms with Gasteiger partial charge in [0.25, 0.3) is 0 Å². The van der Waals surface area contributed by atoms with E-state index in [1.54, 1.807) is 13.2 Å². The number of aliphatic hydroxyl groups is 1. The lowest BCUT2D eigenvalue weighted by atomic mass is 10.0. The Morgan fingerprint density at radius 2 is 2.37 bits per heavy atom. The van der Waals surface area contributed by atoms with E-state index >= 15 is 0 Å². The lowest BCUT2D eigenvalue weighted by molar-refractivity contribution is 0.0940. The van der Waals surface area contributed by atoms with Crippen molar-refractivity contribution in [2.75, 3.05) is 38.7 Å². The normalized spacial score (nSPS) is 20.2. The minimum Gasteiger partial charge on any atom is -0.481 e. The second kappa shape index (κ2) is 7.25. The number of methoxy groups -OCH3 is 1. The smallest absolute Gasteiger partial charge is 0.218 e. The maximum atomic E-state index is 9.35. The monoisotopic (exact) mass is 266 g/mol. The van der Waals surface area contributed by atoms with Gasteiger partial charge in [-0.05, 0) is 19.4 Å². The first-order chi connectivity index (χ1) is 9.33. The molecule has 0 amide bonds. The van der Waals surface area contributed by atoms with E-state index in [0.717, 1.165) is 31.9 Å². The molecule has 1 aliphatic rings. The first-order valence-electron chi connectivity index (χ1n) is 6.78. The zero-order valence-corrected chi connectivity index (χ0v) is 11.4. The number of aliphatic hydroxyl groups excluding tert-OH is 1.